The van der Waals surface area contributed by atoms with Crippen LogP contribution in [0.25, 0.3) is 0 Å². The van der Waals surface area contributed by atoms with Crippen LogP contribution < -0.4 is 16.0 Å². The van der Waals surface area contributed by atoms with Crippen LogP contribution in [0.4, 0.5) is 11.5 Å². The molecule has 3 rings (SSSR count). The number of aromatic nitrogens is 2. The van der Waals surface area contributed by atoms with Crippen LogP contribution in [0, 0.1) is 10.1 Å². The topological polar surface area (TPSA) is 236 Å². The number of nitrogens with zero attached hydrogens (tertiary/aromatic N) is 3. The van der Waals surface area contributed by atoms with Gasteiger partial charge in [-0.3, -0.25) is 28.9 Å². The fourth-order valence-corrected chi connectivity index (χ4v) is 3.59. The number of nitrogens with two attached hydrogens (primary N) is 2. The van der Waals surface area contributed by atoms with Crippen molar-refractivity contribution in [3.05, 3.63) is 46.4 Å². The molecule has 31 heavy (non-hydrogen) atoms. The summed E-state index contributed by atoms with van der Waals surface area (Å²) >= 11 is 0. The Morgan fingerprint density at radius 1 is 1.32 bits per heavy atom. The summed E-state index contributed by atoms with van der Waals surface area (Å²) in [4.78, 5) is 34.8. The highest BCUT2D eigenvalue weighted by molar-refractivity contribution is 7.47. The van der Waals surface area contributed by atoms with Gasteiger partial charge in [-0.05, 0) is 12.1 Å². The molecule has 15 nitrogen and oxygen atoms in total. The molecule has 1 amide bonds. The number of non-ortho nitro benzene ring substituents is 1. The number of carbonyl (C=O) groups is 1. The molecule has 1 aromatic carbocycles. The summed E-state index contributed by atoms with van der Waals surface area (Å²) in [6.07, 6.45) is -4.58. The van der Waals surface area contributed by atoms with Crippen molar-refractivity contribution in [3.63, 3.8) is 0 Å². The second kappa shape index (κ2) is 8.58. The van der Waals surface area contributed by atoms with E-state index < -0.39 is 49.8 Å². The number of aliphatic hydroxyl groups is 2. The number of hydrogen-bond donors (Lipinski definition) is 5. The molecule has 2 aromatic rings. The van der Waals surface area contributed by atoms with Crippen LogP contribution in [0.5, 0.6) is 5.75 Å². The van der Waals surface area contributed by atoms with E-state index in [2.05, 4.69) is 4.98 Å². The van der Waals surface area contributed by atoms with Gasteiger partial charge in [-0.15, -0.1) is 0 Å². The molecule has 16 heteroatoms. The Bertz CT molecular complexity index is 1030. The first-order chi connectivity index (χ1) is 14.5. The first-order valence-corrected chi connectivity index (χ1v) is 10.0. The van der Waals surface area contributed by atoms with Gasteiger partial charge in [0.15, 0.2) is 11.9 Å². The first-order valence-electron chi connectivity index (χ1n) is 8.55. The van der Waals surface area contributed by atoms with Gasteiger partial charge < -0.3 is 30.9 Å². The molecule has 5 atom stereocenters. The number of amides is 1. The molecule has 0 spiro atoms. The van der Waals surface area contributed by atoms with Crippen LogP contribution in [0.15, 0.2) is 30.6 Å². The summed E-state index contributed by atoms with van der Waals surface area (Å²) in [7, 11) is -4.71. The van der Waals surface area contributed by atoms with Crippen LogP contribution in [-0.4, -0.2) is 60.4 Å². The molecule has 7 N–H and O–H groups in total. The lowest BCUT2D eigenvalue weighted by Gasteiger charge is -2.18. The number of imidazole rings is 1. The third kappa shape index (κ3) is 4.82. The van der Waals surface area contributed by atoms with Crippen molar-refractivity contribution in [2.45, 2.75) is 24.5 Å². The van der Waals surface area contributed by atoms with Gasteiger partial charge in [0.2, 0.25) is 0 Å². The Kier molecular flexibility index (Phi) is 6.26. The molecular formula is C15H18N5O10P. The molecule has 168 valence electrons. The first kappa shape index (κ1) is 22.6. The van der Waals surface area contributed by atoms with Crippen molar-refractivity contribution in [2.75, 3.05) is 12.3 Å². The van der Waals surface area contributed by atoms with Crippen molar-refractivity contribution >= 4 is 25.2 Å². The molecule has 0 bridgehead atoms. The van der Waals surface area contributed by atoms with Gasteiger partial charge in [-0.1, -0.05) is 0 Å². The Labute approximate surface area is 173 Å². The summed E-state index contributed by atoms with van der Waals surface area (Å²) in [5, 5.41) is 31.0. The van der Waals surface area contributed by atoms with Crippen LogP contribution in [-0.2, 0) is 13.8 Å². The van der Waals surface area contributed by atoms with Crippen LogP contribution in [0.3, 0.4) is 0 Å². The number of nitro groups is 1. The predicted octanol–water partition coefficient (Wildman–Crippen LogP) is -0.712. The lowest BCUT2D eigenvalue weighted by atomic mass is 10.1. The van der Waals surface area contributed by atoms with Crippen molar-refractivity contribution < 1.29 is 43.2 Å². The monoisotopic (exact) mass is 459 g/mol. The van der Waals surface area contributed by atoms with Gasteiger partial charge >= 0.3 is 7.82 Å². The van der Waals surface area contributed by atoms with Crippen molar-refractivity contribution in [1.29, 1.82) is 0 Å². The number of nitro benzene ring substituents is 1. The van der Waals surface area contributed by atoms with Gasteiger partial charge in [-0.25, -0.2) is 9.55 Å². The van der Waals surface area contributed by atoms with Gasteiger partial charge in [0.1, 0.15) is 29.9 Å². The smallest absolute Gasteiger partial charge is 0.404 e. The average molecular weight is 459 g/mol. The highest BCUT2D eigenvalue weighted by atomic mass is 31.2. The fraction of sp³-hybridized carbons (Fsp3) is 0.333. The minimum absolute atomic E-state index is 0.174. The van der Waals surface area contributed by atoms with E-state index >= 15 is 0 Å². The molecule has 0 aliphatic carbocycles. The van der Waals surface area contributed by atoms with E-state index in [1.54, 1.807) is 0 Å². The molecule has 2 heterocycles. The Balaban J connectivity index is 1.64. The maximum absolute atomic E-state index is 12.1. The van der Waals surface area contributed by atoms with E-state index in [0.717, 1.165) is 35.2 Å². The van der Waals surface area contributed by atoms with E-state index in [1.165, 1.54) is 0 Å². The molecule has 1 saturated heterocycles. The predicted molar refractivity (Wildman–Crippen MR) is 101 cm³/mol. The lowest BCUT2D eigenvalue weighted by molar-refractivity contribution is -0.384. The number of nitrogen functional groups attached to an aromatic ring is 1. The summed E-state index contributed by atoms with van der Waals surface area (Å²) in [5.41, 5.74) is 10.4. The Hall–Kier alpha value is -3.07. The number of primary amides is 1. The number of phosphoric acid groups is 1. The average Bonchev–Trinajstić information content (AvgIpc) is 3.21. The third-order valence-electron chi connectivity index (χ3n) is 4.35. The molecule has 1 unspecified atom stereocenters. The fourth-order valence-electron chi connectivity index (χ4n) is 2.82. The zero-order valence-electron chi connectivity index (χ0n) is 15.5. The zero-order valence-corrected chi connectivity index (χ0v) is 16.4. The highest BCUT2D eigenvalue weighted by Gasteiger charge is 2.45. The van der Waals surface area contributed by atoms with E-state index in [9.17, 15) is 34.6 Å². The minimum Gasteiger partial charge on any atom is -0.404 e. The maximum atomic E-state index is 12.1. The SMILES string of the molecule is NC(=O)c1ncn([C@@H]2O[C@H](COP(=O)(O)Oc3ccc([N+](=O)[O-])cc3)[C@@H](O)[C@H]2O)c1N. The highest BCUT2D eigenvalue weighted by Crippen LogP contribution is 2.45. The summed E-state index contributed by atoms with van der Waals surface area (Å²) < 4.78 is 28.2. The van der Waals surface area contributed by atoms with Crippen LogP contribution in [0.2, 0.25) is 0 Å². The van der Waals surface area contributed by atoms with Crippen molar-refractivity contribution in [3.8, 4) is 5.75 Å². The van der Waals surface area contributed by atoms with E-state index in [1.807, 2.05) is 0 Å². The van der Waals surface area contributed by atoms with E-state index in [0.29, 0.717) is 0 Å². The molecule has 1 aromatic heterocycles. The molecule has 1 fully saturated rings. The number of ether oxygens (including phenoxy) is 1. The maximum Gasteiger partial charge on any atom is 0.527 e. The molecule has 0 saturated carbocycles. The van der Waals surface area contributed by atoms with Crippen molar-refractivity contribution in [2.24, 2.45) is 5.73 Å². The summed E-state index contributed by atoms with van der Waals surface area (Å²) in [5.74, 6) is -1.29. The van der Waals surface area contributed by atoms with Gasteiger partial charge in [0.05, 0.1) is 17.9 Å². The molecule has 1 aliphatic rings. The van der Waals surface area contributed by atoms with Crippen molar-refractivity contribution in [1.82, 2.24) is 9.55 Å². The van der Waals surface area contributed by atoms with Gasteiger partial charge in [0, 0.05) is 12.1 Å². The zero-order chi connectivity index (χ0) is 22.9. The van der Waals surface area contributed by atoms with E-state index in [4.69, 9.17) is 25.3 Å². The normalized spacial score (nSPS) is 25.1. The van der Waals surface area contributed by atoms with Gasteiger partial charge in [0.25, 0.3) is 11.6 Å². The minimum atomic E-state index is -4.71. The third-order valence-corrected chi connectivity index (χ3v) is 5.26. The van der Waals surface area contributed by atoms with Crippen LogP contribution >= 0.6 is 7.82 Å². The number of benzene rings is 1. The molecular weight excluding hydrogens is 441 g/mol. The lowest BCUT2D eigenvalue weighted by Crippen LogP contribution is -2.33. The number of phosphoric ester groups is 1. The van der Waals surface area contributed by atoms with Gasteiger partial charge in [-0.2, -0.15) is 0 Å². The summed E-state index contributed by atoms with van der Waals surface area (Å²) in [6, 6.07) is 4.33. The largest absolute Gasteiger partial charge is 0.527 e. The Morgan fingerprint density at radius 2 is 1.97 bits per heavy atom. The second-order valence-corrected chi connectivity index (χ2v) is 7.78. The number of anilines is 1. The number of hydrogen-bond acceptors (Lipinski definition) is 11. The Morgan fingerprint density at radius 3 is 2.52 bits per heavy atom. The van der Waals surface area contributed by atoms with Crippen LogP contribution in [0.1, 0.15) is 16.7 Å². The number of rotatable bonds is 8. The standard InChI is InChI=1S/C15H18N5O10P/c16-13-10(14(17)23)18-6-19(13)15-12(22)11(21)9(29-15)5-28-31(26,27)30-8-3-1-7(2-4-8)20(24)25/h1-4,6,9,11-12,15,21-22H,5,16H2,(H2,17,23)(H,26,27)/t9-,11-,12-,15-/m1/s1. The quantitative estimate of drug-likeness (QED) is 0.187. The molecule has 0 radical (unpaired) electrons. The second-order valence-electron chi connectivity index (χ2n) is 6.40. The number of carbonyl (C=O) groups excluding carboxylic acids is 1. The molecule has 1 aliphatic heterocycles. The summed E-state index contributed by atoms with van der Waals surface area (Å²) in [6.45, 7) is -0.674. The van der Waals surface area contributed by atoms with E-state index in [-0.39, 0.29) is 22.9 Å². The number of aliphatic hydroxyl groups excluding tert-OH is 2.